The first-order valence-electron chi connectivity index (χ1n) is 14.1. The molecule has 0 saturated heterocycles. The number of carbonyl (C=O) groups excluding carboxylic acids is 3. The molecule has 42 heavy (non-hydrogen) atoms. The van der Waals surface area contributed by atoms with E-state index in [0.29, 0.717) is 17.9 Å². The Kier molecular flexibility index (Phi) is 10.4. The number of imide groups is 1. The summed E-state index contributed by atoms with van der Waals surface area (Å²) in [6, 6.07) is 6.00. The van der Waals surface area contributed by atoms with Crippen LogP contribution in [0.2, 0.25) is 0 Å². The summed E-state index contributed by atoms with van der Waals surface area (Å²) in [5.41, 5.74) is 12.4. The van der Waals surface area contributed by atoms with Crippen LogP contribution in [0.15, 0.2) is 59.6 Å². The van der Waals surface area contributed by atoms with Crippen LogP contribution in [0.25, 0.3) is 0 Å². The average molecular weight is 583 g/mol. The molecular weight excluding hydrogens is 538 g/mol. The Bertz CT molecular complexity index is 1290. The average Bonchev–Trinajstić information content (AvgIpc) is 3.58. The van der Waals surface area contributed by atoms with Crippen LogP contribution in [0.4, 0.5) is 9.59 Å². The molecule has 2 heterocycles. The number of ether oxygens (including phenoxy) is 1. The summed E-state index contributed by atoms with van der Waals surface area (Å²) in [5.74, 6) is -0.182. The lowest BCUT2D eigenvalue weighted by atomic mass is 9.95. The number of carbonyl (C=O) groups is 3. The number of aromatic amines is 1. The van der Waals surface area contributed by atoms with Crippen molar-refractivity contribution in [3.8, 4) is 0 Å². The predicted octanol–water partition coefficient (Wildman–Crippen LogP) is 3.75. The van der Waals surface area contributed by atoms with Crippen molar-refractivity contribution in [3.63, 3.8) is 0 Å². The first kappa shape index (κ1) is 32.6. The second kappa shape index (κ2) is 13.4. The maximum absolute atomic E-state index is 13.6. The van der Waals surface area contributed by atoms with E-state index in [4.69, 9.17) is 16.2 Å². The lowest BCUT2D eigenvalue weighted by molar-refractivity contribution is -0.606. The minimum atomic E-state index is -1.13. The van der Waals surface area contributed by atoms with E-state index in [0.717, 1.165) is 5.56 Å². The SMILES string of the molecule is CC(C)CC([C@@H](O)c1ncc[nH]1)N(C(=O)OC(C)(C)C)C(C)CC1=C[N@@+](C(N)=O)(C(=O)[C@@H](N)Cc2ccccc2)C=N1. The van der Waals surface area contributed by atoms with Gasteiger partial charge in [-0.05, 0) is 45.6 Å². The number of imidazole rings is 1. The summed E-state index contributed by atoms with van der Waals surface area (Å²) in [4.78, 5) is 52.8. The molecule has 0 saturated carbocycles. The monoisotopic (exact) mass is 582 g/mol. The molecule has 0 bridgehead atoms. The smallest absolute Gasteiger partial charge is 0.432 e. The zero-order valence-corrected chi connectivity index (χ0v) is 25.2. The molecule has 12 heteroatoms. The van der Waals surface area contributed by atoms with Crippen LogP contribution >= 0.6 is 0 Å². The number of nitrogens with zero attached hydrogens (tertiary/aromatic N) is 4. The van der Waals surface area contributed by atoms with E-state index in [2.05, 4.69) is 15.0 Å². The highest BCUT2D eigenvalue weighted by atomic mass is 16.6. The van der Waals surface area contributed by atoms with E-state index in [1.807, 2.05) is 44.2 Å². The minimum Gasteiger partial charge on any atom is -0.444 e. The molecule has 228 valence electrons. The zero-order chi connectivity index (χ0) is 31.2. The number of aliphatic imine (C=N–C) groups is 1. The summed E-state index contributed by atoms with van der Waals surface area (Å²) >= 11 is 0. The fourth-order valence-corrected chi connectivity index (χ4v) is 5.01. The lowest BCUT2D eigenvalue weighted by Crippen LogP contribution is -2.59. The number of benzene rings is 1. The van der Waals surface area contributed by atoms with Gasteiger partial charge in [0.1, 0.15) is 35.5 Å². The van der Waals surface area contributed by atoms with Gasteiger partial charge in [0.25, 0.3) is 0 Å². The highest BCUT2D eigenvalue weighted by molar-refractivity contribution is 5.95. The molecule has 1 aliphatic rings. The van der Waals surface area contributed by atoms with Gasteiger partial charge in [0, 0.05) is 31.3 Å². The number of nitrogens with two attached hydrogens (primary N) is 2. The van der Waals surface area contributed by atoms with Crippen molar-refractivity contribution in [2.45, 2.75) is 90.6 Å². The molecule has 12 nitrogen and oxygen atoms in total. The molecule has 0 radical (unpaired) electrons. The normalized spacial score (nSPS) is 19.6. The molecule has 1 aliphatic heterocycles. The lowest BCUT2D eigenvalue weighted by Gasteiger charge is -2.40. The molecule has 3 rings (SSSR count). The highest BCUT2D eigenvalue weighted by Crippen LogP contribution is 2.31. The van der Waals surface area contributed by atoms with Crippen LogP contribution in [0, 0.1) is 5.92 Å². The van der Waals surface area contributed by atoms with Gasteiger partial charge in [0.15, 0.2) is 0 Å². The molecule has 0 spiro atoms. The van der Waals surface area contributed by atoms with Gasteiger partial charge in [0.05, 0.1) is 6.04 Å². The van der Waals surface area contributed by atoms with Crippen molar-refractivity contribution in [1.29, 1.82) is 0 Å². The fourth-order valence-electron chi connectivity index (χ4n) is 5.01. The number of hydrogen-bond acceptors (Lipinski definition) is 8. The van der Waals surface area contributed by atoms with Crippen molar-refractivity contribution in [3.05, 3.63) is 66.0 Å². The number of aromatic nitrogens is 2. The number of amides is 4. The number of rotatable bonds is 11. The standard InChI is InChI=1S/C30H43N7O5/c1-19(2)14-24(25(38)26-33-12-13-34-26)36(29(41)42-30(4,5)6)20(3)15-22-17-37(18-35-22,28(32)40)27(39)23(31)16-21-10-8-7-9-11-21/h7-13,17-20,23-25,38H,14-16,31H2,1-6H3,(H2-,32,33,34,40)/p+1/t20?,23-,24?,25+,37-/m0/s1. The molecule has 5 atom stereocenters. The second-order valence-electron chi connectivity index (χ2n) is 12.2. The predicted molar refractivity (Wildman–Crippen MR) is 158 cm³/mol. The third-order valence-electron chi connectivity index (χ3n) is 6.92. The number of nitrogens with one attached hydrogen (secondary N) is 1. The van der Waals surface area contributed by atoms with Gasteiger partial charge >= 0.3 is 18.0 Å². The van der Waals surface area contributed by atoms with Crippen molar-refractivity contribution >= 4 is 24.4 Å². The molecular formula is C30H44N7O5+. The molecule has 0 fully saturated rings. The molecule has 1 aromatic carbocycles. The largest absolute Gasteiger partial charge is 0.444 e. The van der Waals surface area contributed by atoms with E-state index in [1.165, 1.54) is 23.6 Å². The summed E-state index contributed by atoms with van der Waals surface area (Å²) in [6.07, 6.45) is 4.75. The maximum atomic E-state index is 13.6. The third kappa shape index (κ3) is 7.90. The topological polar surface area (TPSA) is 177 Å². The molecule has 4 amide bonds. The summed E-state index contributed by atoms with van der Waals surface area (Å²) < 4.78 is 4.79. The van der Waals surface area contributed by atoms with Gasteiger partial charge in [-0.1, -0.05) is 44.2 Å². The molecule has 2 unspecified atom stereocenters. The number of aliphatic hydroxyl groups excluding tert-OH is 1. The van der Waals surface area contributed by atoms with Crippen molar-refractivity contribution in [1.82, 2.24) is 14.9 Å². The third-order valence-corrected chi connectivity index (χ3v) is 6.92. The van der Waals surface area contributed by atoms with Crippen LogP contribution < -0.4 is 11.5 Å². The van der Waals surface area contributed by atoms with Gasteiger partial charge in [-0.2, -0.15) is 0 Å². The number of hydrogen-bond donors (Lipinski definition) is 4. The number of quaternary nitrogens is 1. The zero-order valence-electron chi connectivity index (χ0n) is 25.2. The maximum Gasteiger partial charge on any atom is 0.432 e. The minimum absolute atomic E-state index is 0.114. The quantitative estimate of drug-likeness (QED) is 0.292. The Labute approximate surface area is 247 Å². The number of primary amides is 1. The van der Waals surface area contributed by atoms with Crippen molar-refractivity contribution in [2.75, 3.05) is 0 Å². The Balaban J connectivity index is 1.92. The van der Waals surface area contributed by atoms with Gasteiger partial charge in [-0.25, -0.2) is 24.4 Å². The fraction of sp³-hybridized carbons (Fsp3) is 0.500. The van der Waals surface area contributed by atoms with Gasteiger partial charge in [-0.3, -0.25) is 4.90 Å². The van der Waals surface area contributed by atoms with Crippen LogP contribution in [0.5, 0.6) is 0 Å². The van der Waals surface area contributed by atoms with Crippen molar-refractivity contribution < 1.29 is 28.7 Å². The molecule has 2 aromatic rings. The van der Waals surface area contributed by atoms with Crippen LogP contribution in [-0.4, -0.2) is 72.6 Å². The Morgan fingerprint density at radius 3 is 2.33 bits per heavy atom. The number of urea groups is 1. The second-order valence-corrected chi connectivity index (χ2v) is 12.2. The number of H-pyrrole nitrogens is 1. The van der Waals surface area contributed by atoms with E-state index in [9.17, 15) is 19.5 Å². The summed E-state index contributed by atoms with van der Waals surface area (Å²) in [6.45, 7) is 11.1. The van der Waals surface area contributed by atoms with E-state index in [1.54, 1.807) is 33.9 Å². The van der Waals surface area contributed by atoms with Crippen molar-refractivity contribution in [2.24, 2.45) is 22.4 Å². The van der Waals surface area contributed by atoms with Gasteiger partial charge < -0.3 is 26.3 Å². The van der Waals surface area contributed by atoms with E-state index in [-0.39, 0.29) is 18.8 Å². The van der Waals surface area contributed by atoms with Crippen LogP contribution in [-0.2, 0) is 16.0 Å². The summed E-state index contributed by atoms with van der Waals surface area (Å²) in [7, 11) is 0. The van der Waals surface area contributed by atoms with Crippen LogP contribution in [0.1, 0.15) is 71.9 Å². The van der Waals surface area contributed by atoms with Crippen LogP contribution in [0.3, 0.4) is 0 Å². The van der Waals surface area contributed by atoms with E-state index >= 15 is 0 Å². The molecule has 0 aliphatic carbocycles. The van der Waals surface area contributed by atoms with E-state index < -0.39 is 52.3 Å². The van der Waals surface area contributed by atoms with Gasteiger partial charge in [-0.15, -0.1) is 4.48 Å². The Hall–Kier alpha value is -3.87. The molecule has 6 N–H and O–H groups in total. The van der Waals surface area contributed by atoms with Gasteiger partial charge in [0.2, 0.25) is 6.34 Å². The Morgan fingerprint density at radius 1 is 1.12 bits per heavy atom. The molecule has 1 aromatic heterocycles. The first-order valence-corrected chi connectivity index (χ1v) is 14.1. The number of aliphatic hydroxyl groups is 1. The Morgan fingerprint density at radius 2 is 1.79 bits per heavy atom. The first-order chi connectivity index (χ1) is 19.6. The highest BCUT2D eigenvalue weighted by Gasteiger charge is 2.48. The summed E-state index contributed by atoms with van der Waals surface area (Å²) in [5, 5.41) is 11.3.